The minimum Gasteiger partial charge on any atom is -0.313 e. The molecule has 0 amide bonds. The normalized spacial score (nSPS) is 10.3. The first-order chi connectivity index (χ1) is 7.61. The Labute approximate surface area is 92.4 Å². The van der Waals surface area contributed by atoms with Crippen molar-refractivity contribution >= 4 is 17.1 Å². The number of hydrogen-bond donors (Lipinski definition) is 1. The number of H-pyrrole nitrogens is 1. The third kappa shape index (κ3) is 1.58. The highest BCUT2D eigenvalue weighted by atomic mass is 32.1. The summed E-state index contributed by atoms with van der Waals surface area (Å²) in [7, 11) is 0. The summed E-state index contributed by atoms with van der Waals surface area (Å²) in [6, 6.07) is 0. The molecule has 2 heterocycles. The van der Waals surface area contributed by atoms with Gasteiger partial charge < -0.3 is 4.98 Å². The van der Waals surface area contributed by atoms with Gasteiger partial charge in [-0.3, -0.25) is 9.59 Å². The van der Waals surface area contributed by atoms with Crippen LogP contribution in [0.5, 0.6) is 0 Å². The molecule has 7 nitrogen and oxygen atoms in total. The number of nitrogens with zero attached hydrogens (tertiary/aromatic N) is 3. The molecule has 0 saturated heterocycles. The van der Waals surface area contributed by atoms with Crippen LogP contribution in [0.15, 0.2) is 21.3 Å². The van der Waals surface area contributed by atoms with Crippen molar-refractivity contribution in [3.63, 3.8) is 0 Å². The summed E-state index contributed by atoms with van der Waals surface area (Å²) in [6.07, 6.45) is 1.10. The molecule has 0 aliphatic heterocycles. The fourth-order valence-corrected chi connectivity index (χ4v) is 1.72. The molecule has 0 aliphatic rings. The highest BCUT2D eigenvalue weighted by Crippen LogP contribution is 2.03. The largest absolute Gasteiger partial charge is 0.334 e. The Morgan fingerprint density at radius 2 is 2.25 bits per heavy atom. The molecule has 0 aliphatic carbocycles. The quantitative estimate of drug-likeness (QED) is 0.716. The van der Waals surface area contributed by atoms with Crippen molar-refractivity contribution < 1.29 is 4.79 Å². The molecule has 8 heteroatoms. The van der Waals surface area contributed by atoms with E-state index in [9.17, 15) is 14.4 Å². The molecular weight excluding hydrogens is 232 g/mol. The number of Topliss-reactive ketones (excluding diaryl/α,β-unsaturated/α-hetero) is 1. The maximum atomic E-state index is 11.8. The summed E-state index contributed by atoms with van der Waals surface area (Å²) in [6.45, 7) is 1.25. The molecule has 0 radical (unpaired) electrons. The number of aromatic amines is 1. The van der Waals surface area contributed by atoms with Gasteiger partial charge in [0.05, 0.1) is 5.56 Å². The lowest BCUT2D eigenvalue weighted by molar-refractivity contribution is 0.101. The van der Waals surface area contributed by atoms with Gasteiger partial charge in [-0.25, -0.2) is 4.79 Å². The van der Waals surface area contributed by atoms with Gasteiger partial charge in [0.2, 0.25) is 5.13 Å². The van der Waals surface area contributed by atoms with Gasteiger partial charge in [-0.15, -0.1) is 10.2 Å². The number of ketones is 1. The molecule has 0 saturated carbocycles. The molecule has 0 unspecified atom stereocenters. The lowest BCUT2D eigenvalue weighted by Crippen LogP contribution is -2.36. The number of carbonyl (C=O) groups is 1. The van der Waals surface area contributed by atoms with E-state index in [1.165, 1.54) is 12.4 Å². The SMILES string of the molecule is CC(=O)c1c[nH]c(=O)n(-c2nncs2)c1=O. The van der Waals surface area contributed by atoms with E-state index in [-0.39, 0.29) is 10.7 Å². The summed E-state index contributed by atoms with van der Waals surface area (Å²) < 4.78 is 0.786. The first-order valence-electron chi connectivity index (χ1n) is 4.23. The lowest BCUT2D eigenvalue weighted by atomic mass is 10.2. The molecule has 82 valence electrons. The highest BCUT2D eigenvalue weighted by molar-refractivity contribution is 7.11. The van der Waals surface area contributed by atoms with Crippen LogP contribution < -0.4 is 11.2 Å². The van der Waals surface area contributed by atoms with E-state index in [2.05, 4.69) is 15.2 Å². The van der Waals surface area contributed by atoms with Gasteiger partial charge in [0.25, 0.3) is 5.56 Å². The first-order valence-corrected chi connectivity index (χ1v) is 5.11. The molecule has 0 atom stereocenters. The number of carbonyl (C=O) groups excluding carboxylic acids is 1. The topological polar surface area (TPSA) is 97.7 Å². The fraction of sp³-hybridized carbons (Fsp3) is 0.125. The predicted molar refractivity (Wildman–Crippen MR) is 56.1 cm³/mol. The average molecular weight is 238 g/mol. The van der Waals surface area contributed by atoms with Crippen LogP contribution in [0.2, 0.25) is 0 Å². The van der Waals surface area contributed by atoms with E-state index in [0.717, 1.165) is 22.1 Å². The van der Waals surface area contributed by atoms with Crippen molar-refractivity contribution in [2.75, 3.05) is 0 Å². The first kappa shape index (κ1) is 10.4. The molecular formula is C8H6N4O3S. The Hall–Kier alpha value is -2.09. The van der Waals surface area contributed by atoms with Crippen LogP contribution >= 0.6 is 11.3 Å². The smallest absolute Gasteiger partial charge is 0.313 e. The highest BCUT2D eigenvalue weighted by Gasteiger charge is 2.13. The van der Waals surface area contributed by atoms with Crippen LogP contribution in [0, 0.1) is 0 Å². The summed E-state index contributed by atoms with van der Waals surface area (Å²) in [4.78, 5) is 36.7. The Morgan fingerprint density at radius 1 is 1.50 bits per heavy atom. The molecule has 0 spiro atoms. The van der Waals surface area contributed by atoms with E-state index in [1.54, 1.807) is 0 Å². The van der Waals surface area contributed by atoms with Crippen molar-refractivity contribution in [2.24, 2.45) is 0 Å². The standard InChI is InChI=1S/C8H6N4O3S/c1-4(13)5-2-9-7(15)12(6(5)14)8-11-10-3-16-8/h2-3H,1H3,(H,9,15). The second-order valence-electron chi connectivity index (χ2n) is 2.93. The number of hydrogen-bond acceptors (Lipinski definition) is 6. The van der Waals surface area contributed by atoms with E-state index in [4.69, 9.17) is 0 Å². The molecule has 0 bridgehead atoms. The molecule has 2 aromatic rings. The fourth-order valence-electron chi connectivity index (χ4n) is 1.16. The van der Waals surface area contributed by atoms with E-state index < -0.39 is 17.0 Å². The lowest BCUT2D eigenvalue weighted by Gasteiger charge is -2.00. The van der Waals surface area contributed by atoms with Crippen LogP contribution in [0.4, 0.5) is 0 Å². The van der Waals surface area contributed by atoms with Crippen molar-refractivity contribution in [2.45, 2.75) is 6.92 Å². The van der Waals surface area contributed by atoms with Gasteiger partial charge in [0.15, 0.2) is 5.78 Å². The number of nitrogens with one attached hydrogen (secondary N) is 1. The van der Waals surface area contributed by atoms with Crippen LogP contribution in [0.25, 0.3) is 5.13 Å². The zero-order chi connectivity index (χ0) is 11.7. The Bertz CT molecular complexity index is 640. The van der Waals surface area contributed by atoms with Crippen LogP contribution in [-0.2, 0) is 0 Å². The van der Waals surface area contributed by atoms with Gasteiger partial charge in [-0.2, -0.15) is 4.57 Å². The summed E-state index contributed by atoms with van der Waals surface area (Å²) >= 11 is 1.03. The summed E-state index contributed by atoms with van der Waals surface area (Å²) in [5.41, 5.74) is -0.0312. The van der Waals surface area contributed by atoms with Crippen molar-refractivity contribution in [3.8, 4) is 5.13 Å². The maximum absolute atomic E-state index is 11.8. The number of aromatic nitrogens is 4. The Balaban J connectivity index is 2.80. The van der Waals surface area contributed by atoms with Crippen LogP contribution in [-0.4, -0.2) is 25.5 Å². The monoisotopic (exact) mass is 238 g/mol. The zero-order valence-electron chi connectivity index (χ0n) is 8.13. The molecule has 0 fully saturated rings. The van der Waals surface area contributed by atoms with Gasteiger partial charge in [-0.05, 0) is 6.92 Å². The molecule has 1 N–H and O–H groups in total. The number of rotatable bonds is 2. The second kappa shape index (κ2) is 3.81. The average Bonchev–Trinajstić information content (AvgIpc) is 2.70. The van der Waals surface area contributed by atoms with E-state index in [1.807, 2.05) is 0 Å². The van der Waals surface area contributed by atoms with Gasteiger partial charge >= 0.3 is 5.69 Å². The molecule has 16 heavy (non-hydrogen) atoms. The minimum absolute atomic E-state index is 0.0881. The minimum atomic E-state index is -0.687. The second-order valence-corrected chi connectivity index (χ2v) is 3.74. The maximum Gasteiger partial charge on any atom is 0.334 e. The third-order valence-electron chi connectivity index (χ3n) is 1.90. The zero-order valence-corrected chi connectivity index (χ0v) is 8.95. The molecule has 2 aromatic heterocycles. The Kier molecular flexibility index (Phi) is 2.49. The van der Waals surface area contributed by atoms with Crippen molar-refractivity contribution in [1.29, 1.82) is 0 Å². The molecule has 0 aromatic carbocycles. The van der Waals surface area contributed by atoms with Crippen LogP contribution in [0.1, 0.15) is 17.3 Å². The predicted octanol–water partition coefficient (Wildman–Crippen LogP) is -0.420. The van der Waals surface area contributed by atoms with Gasteiger partial charge in [0, 0.05) is 6.20 Å². The van der Waals surface area contributed by atoms with Gasteiger partial charge in [0.1, 0.15) is 5.51 Å². The molecule has 2 rings (SSSR count). The van der Waals surface area contributed by atoms with Gasteiger partial charge in [-0.1, -0.05) is 11.3 Å². The third-order valence-corrected chi connectivity index (χ3v) is 2.57. The van der Waals surface area contributed by atoms with Crippen molar-refractivity contribution in [3.05, 3.63) is 38.1 Å². The van der Waals surface area contributed by atoms with Crippen LogP contribution in [0.3, 0.4) is 0 Å². The van der Waals surface area contributed by atoms with E-state index in [0.29, 0.717) is 0 Å². The summed E-state index contributed by atoms with van der Waals surface area (Å²) in [5, 5.41) is 7.27. The Morgan fingerprint density at radius 3 is 2.81 bits per heavy atom. The summed E-state index contributed by atoms with van der Waals surface area (Å²) in [5.74, 6) is -0.417. The van der Waals surface area contributed by atoms with E-state index >= 15 is 0 Å². The van der Waals surface area contributed by atoms with Crippen molar-refractivity contribution in [1.82, 2.24) is 19.7 Å².